The van der Waals surface area contributed by atoms with Gasteiger partial charge in [0.25, 0.3) is 0 Å². The van der Waals surface area contributed by atoms with Crippen LogP contribution in [0.25, 0.3) is 0 Å². The van der Waals surface area contributed by atoms with Crippen molar-refractivity contribution in [3.63, 3.8) is 0 Å². The molecule has 0 aliphatic carbocycles. The van der Waals surface area contributed by atoms with Gasteiger partial charge in [-0.25, -0.2) is 13.4 Å². The highest BCUT2D eigenvalue weighted by Crippen LogP contribution is 2.29. The molecule has 0 aliphatic rings. The zero-order valence-electron chi connectivity index (χ0n) is 17.6. The van der Waals surface area contributed by atoms with E-state index in [0.717, 1.165) is 5.56 Å². The van der Waals surface area contributed by atoms with E-state index in [1.807, 2.05) is 13.0 Å². The molecule has 1 aromatic heterocycles. The van der Waals surface area contributed by atoms with Crippen molar-refractivity contribution in [1.82, 2.24) is 4.98 Å². The number of nitrogens with zero attached hydrogens (tertiary/aromatic N) is 1. The molecule has 32 heavy (non-hydrogen) atoms. The highest BCUT2D eigenvalue weighted by atomic mass is 32.2. The standard InChI is InChI=1S/C23H23NO7S/c1-16-4-3-9-24-23(16)31-18-5-7-20(8-6-18)32(27,28)21-13-17(14-22(25)26)12-19(15-21)30-11-10-29-2/h3-9,12-13,15H,10-11,14H2,1-2H3,(H,25,26). The van der Waals surface area contributed by atoms with E-state index in [4.69, 9.17) is 19.3 Å². The summed E-state index contributed by atoms with van der Waals surface area (Å²) >= 11 is 0. The summed E-state index contributed by atoms with van der Waals surface area (Å²) in [6.45, 7) is 2.37. The minimum atomic E-state index is -3.92. The third kappa shape index (κ3) is 5.83. The minimum absolute atomic E-state index is 0.0397. The SMILES string of the molecule is COCCOc1cc(CC(=O)O)cc(S(=O)(=O)c2ccc(Oc3ncccc3C)cc2)c1. The fourth-order valence-electron chi connectivity index (χ4n) is 2.90. The monoisotopic (exact) mass is 457 g/mol. The van der Waals surface area contributed by atoms with Gasteiger partial charge in [0.05, 0.1) is 22.8 Å². The van der Waals surface area contributed by atoms with Crippen LogP contribution in [0.5, 0.6) is 17.4 Å². The Morgan fingerprint density at radius 3 is 2.41 bits per heavy atom. The van der Waals surface area contributed by atoms with Crippen LogP contribution < -0.4 is 9.47 Å². The van der Waals surface area contributed by atoms with Gasteiger partial charge in [0.15, 0.2) is 0 Å². The highest BCUT2D eigenvalue weighted by molar-refractivity contribution is 7.91. The number of rotatable bonds is 10. The van der Waals surface area contributed by atoms with Crippen LogP contribution >= 0.6 is 0 Å². The maximum absolute atomic E-state index is 13.2. The summed E-state index contributed by atoms with van der Waals surface area (Å²) in [6, 6.07) is 13.8. The summed E-state index contributed by atoms with van der Waals surface area (Å²) < 4.78 is 42.6. The quantitative estimate of drug-likeness (QED) is 0.459. The molecule has 0 spiro atoms. The van der Waals surface area contributed by atoms with Crippen LogP contribution in [0.3, 0.4) is 0 Å². The number of ether oxygens (including phenoxy) is 3. The van der Waals surface area contributed by atoms with Gasteiger partial charge in [-0.1, -0.05) is 6.07 Å². The number of aryl methyl sites for hydroxylation is 1. The van der Waals surface area contributed by atoms with Gasteiger partial charge in [-0.05, 0) is 61.0 Å². The lowest BCUT2D eigenvalue weighted by Crippen LogP contribution is -2.08. The summed E-state index contributed by atoms with van der Waals surface area (Å²) in [5.41, 5.74) is 1.16. The lowest BCUT2D eigenvalue weighted by molar-refractivity contribution is -0.136. The number of carboxylic acid groups (broad SMARTS) is 1. The Morgan fingerprint density at radius 2 is 1.75 bits per heavy atom. The third-order valence-corrected chi connectivity index (χ3v) is 6.22. The number of sulfone groups is 1. The molecular formula is C23H23NO7S. The van der Waals surface area contributed by atoms with Crippen molar-refractivity contribution in [2.24, 2.45) is 0 Å². The zero-order chi connectivity index (χ0) is 23.1. The largest absolute Gasteiger partial charge is 0.491 e. The van der Waals surface area contributed by atoms with Crippen molar-refractivity contribution in [1.29, 1.82) is 0 Å². The number of aromatic nitrogens is 1. The molecule has 0 aliphatic heterocycles. The molecule has 0 unspecified atom stereocenters. The second kappa shape index (κ2) is 10.3. The second-order valence-corrected chi connectivity index (χ2v) is 8.88. The van der Waals surface area contributed by atoms with E-state index < -0.39 is 15.8 Å². The maximum atomic E-state index is 13.2. The smallest absolute Gasteiger partial charge is 0.307 e. The topological polar surface area (TPSA) is 112 Å². The molecule has 0 saturated carbocycles. The highest BCUT2D eigenvalue weighted by Gasteiger charge is 2.20. The molecule has 1 N–H and O–H groups in total. The van der Waals surface area contributed by atoms with Crippen molar-refractivity contribution in [3.05, 3.63) is 71.9 Å². The van der Waals surface area contributed by atoms with Crippen LogP contribution in [0.4, 0.5) is 0 Å². The van der Waals surface area contributed by atoms with Gasteiger partial charge in [-0.15, -0.1) is 0 Å². The summed E-state index contributed by atoms with van der Waals surface area (Å²) in [5, 5.41) is 9.12. The number of hydrogen-bond acceptors (Lipinski definition) is 7. The van der Waals surface area contributed by atoms with Gasteiger partial charge in [0, 0.05) is 18.9 Å². The molecule has 3 aromatic rings. The Balaban J connectivity index is 1.89. The first kappa shape index (κ1) is 23.2. The van der Waals surface area contributed by atoms with E-state index in [1.54, 1.807) is 12.3 Å². The van der Waals surface area contributed by atoms with Gasteiger partial charge in [0.2, 0.25) is 15.7 Å². The molecule has 0 bridgehead atoms. The summed E-state index contributed by atoms with van der Waals surface area (Å²) in [7, 11) is -2.41. The second-order valence-electron chi connectivity index (χ2n) is 6.93. The van der Waals surface area contributed by atoms with Gasteiger partial charge in [-0.2, -0.15) is 0 Å². The molecule has 0 fully saturated rings. The number of benzene rings is 2. The Kier molecular flexibility index (Phi) is 7.45. The summed E-state index contributed by atoms with van der Waals surface area (Å²) in [6.07, 6.45) is 1.28. The van der Waals surface area contributed by atoms with Gasteiger partial charge < -0.3 is 19.3 Å². The fraction of sp³-hybridized carbons (Fsp3) is 0.217. The number of carboxylic acids is 1. The number of pyridine rings is 1. The van der Waals surface area contributed by atoms with E-state index in [2.05, 4.69) is 4.98 Å². The summed E-state index contributed by atoms with van der Waals surface area (Å²) in [4.78, 5) is 15.3. The predicted molar refractivity (Wildman–Crippen MR) is 116 cm³/mol. The Morgan fingerprint density at radius 1 is 1.00 bits per heavy atom. The maximum Gasteiger partial charge on any atom is 0.307 e. The first-order valence-corrected chi connectivity index (χ1v) is 11.2. The number of aliphatic carboxylic acids is 1. The zero-order valence-corrected chi connectivity index (χ0v) is 18.5. The van der Waals surface area contributed by atoms with Crippen LogP contribution in [0, 0.1) is 6.92 Å². The molecule has 9 heteroatoms. The summed E-state index contributed by atoms with van der Waals surface area (Å²) in [5.74, 6) is 0.0509. The van der Waals surface area contributed by atoms with Crippen molar-refractivity contribution in [3.8, 4) is 17.4 Å². The van der Waals surface area contributed by atoms with Crippen LogP contribution in [-0.2, 0) is 25.8 Å². The minimum Gasteiger partial charge on any atom is -0.491 e. The van der Waals surface area contributed by atoms with Crippen LogP contribution in [0.1, 0.15) is 11.1 Å². The molecule has 1 heterocycles. The van der Waals surface area contributed by atoms with Gasteiger partial charge in [0.1, 0.15) is 18.1 Å². The Labute approximate surface area is 186 Å². The lowest BCUT2D eigenvalue weighted by Gasteiger charge is -2.12. The molecule has 8 nitrogen and oxygen atoms in total. The van der Waals surface area contributed by atoms with Crippen LogP contribution in [-0.4, -0.2) is 44.8 Å². The van der Waals surface area contributed by atoms with E-state index >= 15 is 0 Å². The van der Waals surface area contributed by atoms with E-state index in [9.17, 15) is 13.2 Å². The van der Waals surface area contributed by atoms with E-state index in [-0.39, 0.29) is 28.6 Å². The molecule has 0 saturated heterocycles. The number of carbonyl (C=O) groups is 1. The number of hydrogen-bond donors (Lipinski definition) is 1. The Bertz CT molecular complexity index is 1190. The fourth-order valence-corrected chi connectivity index (χ4v) is 4.25. The predicted octanol–water partition coefficient (Wildman–Crippen LogP) is 3.67. The van der Waals surface area contributed by atoms with Crippen molar-refractivity contribution in [2.45, 2.75) is 23.1 Å². The molecule has 0 radical (unpaired) electrons. The Hall–Kier alpha value is -3.43. The first-order valence-electron chi connectivity index (χ1n) is 9.71. The van der Waals surface area contributed by atoms with Crippen LogP contribution in [0.15, 0.2) is 70.6 Å². The molecule has 0 amide bonds. The number of methoxy groups -OCH3 is 1. The molecule has 0 atom stereocenters. The van der Waals surface area contributed by atoms with E-state index in [0.29, 0.717) is 23.8 Å². The molecule has 168 valence electrons. The first-order chi connectivity index (χ1) is 15.3. The average molecular weight is 458 g/mol. The van der Waals surface area contributed by atoms with Crippen molar-refractivity contribution >= 4 is 15.8 Å². The van der Waals surface area contributed by atoms with Crippen molar-refractivity contribution < 1.29 is 32.5 Å². The van der Waals surface area contributed by atoms with E-state index in [1.165, 1.54) is 49.6 Å². The lowest BCUT2D eigenvalue weighted by atomic mass is 10.1. The van der Waals surface area contributed by atoms with Crippen LogP contribution in [0.2, 0.25) is 0 Å². The van der Waals surface area contributed by atoms with Gasteiger partial charge in [-0.3, -0.25) is 4.79 Å². The average Bonchev–Trinajstić information content (AvgIpc) is 2.75. The molecular weight excluding hydrogens is 434 g/mol. The van der Waals surface area contributed by atoms with Crippen molar-refractivity contribution in [2.75, 3.05) is 20.3 Å². The third-order valence-electron chi connectivity index (χ3n) is 4.47. The normalized spacial score (nSPS) is 11.2. The van der Waals surface area contributed by atoms with Gasteiger partial charge >= 0.3 is 5.97 Å². The molecule has 2 aromatic carbocycles. The molecule has 3 rings (SSSR count).